The highest BCUT2D eigenvalue weighted by atomic mass is 16.5. The zero-order valence-electron chi connectivity index (χ0n) is 18.4. The van der Waals surface area contributed by atoms with Crippen molar-refractivity contribution in [3.8, 4) is 5.75 Å². The molecule has 1 fully saturated rings. The Morgan fingerprint density at radius 2 is 1.70 bits per heavy atom. The summed E-state index contributed by atoms with van der Waals surface area (Å²) < 4.78 is 5.24. The topological polar surface area (TPSA) is 48.1 Å². The Morgan fingerprint density at radius 1 is 1.03 bits per heavy atom. The summed E-state index contributed by atoms with van der Waals surface area (Å²) in [4.78, 5) is 19.2. The summed E-state index contributed by atoms with van der Waals surface area (Å²) in [5.74, 6) is 0.838. The summed E-state index contributed by atoms with van der Waals surface area (Å²) in [7, 11) is 5.74. The Balaban J connectivity index is 1.44. The standard InChI is InChI=1S/C24H34N4O2/c1-26(2)23(21-9-11-22(30-3)12-10-21)19-25-24(29)28-17-15-27(16-18-28)14-13-20-7-5-4-6-8-20/h4-12,23H,13-19H2,1-3H3,(H,25,29). The van der Waals surface area contributed by atoms with Crippen molar-refractivity contribution in [3.05, 3.63) is 65.7 Å². The number of rotatable bonds is 8. The second kappa shape index (κ2) is 11.0. The molecule has 1 atom stereocenters. The lowest BCUT2D eigenvalue weighted by molar-refractivity contribution is 0.138. The van der Waals surface area contributed by atoms with Crippen molar-refractivity contribution in [2.75, 3.05) is 60.5 Å². The Morgan fingerprint density at radius 3 is 2.30 bits per heavy atom. The highest BCUT2D eigenvalue weighted by Crippen LogP contribution is 2.20. The van der Waals surface area contributed by atoms with E-state index in [0.717, 1.165) is 50.5 Å². The molecule has 162 valence electrons. The number of urea groups is 1. The lowest BCUT2D eigenvalue weighted by Crippen LogP contribution is -2.52. The molecule has 2 aromatic carbocycles. The summed E-state index contributed by atoms with van der Waals surface area (Å²) >= 11 is 0. The monoisotopic (exact) mass is 410 g/mol. The molecule has 30 heavy (non-hydrogen) atoms. The van der Waals surface area contributed by atoms with Crippen LogP contribution in [0.4, 0.5) is 4.79 Å². The molecule has 2 amide bonds. The lowest BCUT2D eigenvalue weighted by Gasteiger charge is -2.35. The molecule has 1 aliphatic heterocycles. The number of nitrogens with one attached hydrogen (secondary N) is 1. The molecule has 0 aliphatic carbocycles. The van der Waals surface area contributed by atoms with Crippen LogP contribution in [0, 0.1) is 0 Å². The van der Waals surface area contributed by atoms with E-state index in [1.807, 2.05) is 31.1 Å². The number of amides is 2. The van der Waals surface area contributed by atoms with Gasteiger partial charge in [0.1, 0.15) is 5.75 Å². The van der Waals surface area contributed by atoms with E-state index in [1.165, 1.54) is 5.56 Å². The van der Waals surface area contributed by atoms with E-state index < -0.39 is 0 Å². The minimum Gasteiger partial charge on any atom is -0.497 e. The zero-order chi connectivity index (χ0) is 21.3. The van der Waals surface area contributed by atoms with E-state index >= 15 is 0 Å². The van der Waals surface area contributed by atoms with Crippen molar-refractivity contribution in [2.24, 2.45) is 0 Å². The molecule has 0 aromatic heterocycles. The fourth-order valence-electron chi connectivity index (χ4n) is 3.83. The molecule has 1 unspecified atom stereocenters. The number of benzene rings is 2. The van der Waals surface area contributed by atoms with Gasteiger partial charge in [-0.15, -0.1) is 0 Å². The fraction of sp³-hybridized carbons (Fsp3) is 0.458. The molecule has 2 aromatic rings. The molecule has 1 aliphatic rings. The van der Waals surface area contributed by atoms with E-state index in [0.29, 0.717) is 6.54 Å². The first-order valence-corrected chi connectivity index (χ1v) is 10.7. The number of carbonyl (C=O) groups is 1. The van der Waals surface area contributed by atoms with Gasteiger partial charge in [-0.2, -0.15) is 0 Å². The summed E-state index contributed by atoms with van der Waals surface area (Å²) in [5.41, 5.74) is 2.53. The molecule has 1 heterocycles. The molecule has 6 heteroatoms. The number of hydrogen-bond donors (Lipinski definition) is 1. The number of nitrogens with zero attached hydrogens (tertiary/aromatic N) is 3. The van der Waals surface area contributed by atoms with Crippen molar-refractivity contribution in [1.82, 2.24) is 20.0 Å². The normalized spacial score (nSPS) is 15.8. The highest BCUT2D eigenvalue weighted by Gasteiger charge is 2.22. The predicted molar refractivity (Wildman–Crippen MR) is 121 cm³/mol. The van der Waals surface area contributed by atoms with Crippen LogP contribution >= 0.6 is 0 Å². The SMILES string of the molecule is COc1ccc(C(CNC(=O)N2CCN(CCc3ccccc3)CC2)N(C)C)cc1. The third kappa shape index (κ3) is 6.21. The number of likely N-dealkylation sites (N-methyl/N-ethyl adjacent to an activating group) is 1. The first-order valence-electron chi connectivity index (χ1n) is 10.7. The molecule has 0 bridgehead atoms. The van der Waals surface area contributed by atoms with Crippen molar-refractivity contribution in [2.45, 2.75) is 12.5 Å². The maximum Gasteiger partial charge on any atom is 0.317 e. The summed E-state index contributed by atoms with van der Waals surface area (Å²) in [6.45, 7) is 5.02. The third-order valence-electron chi connectivity index (χ3n) is 5.79. The summed E-state index contributed by atoms with van der Waals surface area (Å²) in [5, 5.41) is 3.13. The first-order chi connectivity index (χ1) is 14.6. The van der Waals surface area contributed by atoms with Crippen LogP contribution < -0.4 is 10.1 Å². The maximum absolute atomic E-state index is 12.7. The minimum atomic E-state index is 0.0260. The molecule has 0 radical (unpaired) electrons. The Labute approximate surface area is 180 Å². The number of hydrogen-bond acceptors (Lipinski definition) is 4. The van der Waals surface area contributed by atoms with Crippen molar-refractivity contribution < 1.29 is 9.53 Å². The maximum atomic E-state index is 12.7. The molecular formula is C24H34N4O2. The van der Waals surface area contributed by atoms with E-state index in [1.54, 1.807) is 7.11 Å². The van der Waals surface area contributed by atoms with Crippen LogP contribution in [0.15, 0.2) is 54.6 Å². The van der Waals surface area contributed by atoms with Gasteiger partial charge in [0.2, 0.25) is 0 Å². The smallest absolute Gasteiger partial charge is 0.317 e. The van der Waals surface area contributed by atoms with Gasteiger partial charge in [0, 0.05) is 39.3 Å². The first kappa shape index (κ1) is 22.1. The van der Waals surface area contributed by atoms with E-state index in [9.17, 15) is 4.79 Å². The van der Waals surface area contributed by atoms with Crippen LogP contribution in [-0.4, -0.2) is 81.2 Å². The minimum absolute atomic E-state index is 0.0260. The van der Waals surface area contributed by atoms with Crippen molar-refractivity contribution in [3.63, 3.8) is 0 Å². The van der Waals surface area contributed by atoms with Crippen LogP contribution in [-0.2, 0) is 6.42 Å². The van der Waals surface area contributed by atoms with E-state index in [-0.39, 0.29) is 12.1 Å². The Kier molecular flexibility index (Phi) is 8.11. The largest absolute Gasteiger partial charge is 0.497 e. The molecule has 0 saturated carbocycles. The molecular weight excluding hydrogens is 376 g/mol. The molecule has 1 N–H and O–H groups in total. The summed E-state index contributed by atoms with van der Waals surface area (Å²) in [6.07, 6.45) is 1.05. The number of piperazine rings is 1. The van der Waals surface area contributed by atoms with Gasteiger partial charge in [-0.1, -0.05) is 42.5 Å². The molecule has 0 spiro atoms. The van der Waals surface area contributed by atoms with Crippen molar-refractivity contribution >= 4 is 6.03 Å². The van der Waals surface area contributed by atoms with Crippen LogP contribution in [0.25, 0.3) is 0 Å². The third-order valence-corrected chi connectivity index (χ3v) is 5.79. The van der Waals surface area contributed by atoms with Gasteiger partial charge in [-0.3, -0.25) is 4.90 Å². The van der Waals surface area contributed by atoms with E-state index in [2.05, 4.69) is 57.6 Å². The number of ether oxygens (including phenoxy) is 1. The zero-order valence-corrected chi connectivity index (χ0v) is 18.4. The van der Waals surface area contributed by atoms with Crippen LogP contribution in [0.5, 0.6) is 5.75 Å². The second-order valence-electron chi connectivity index (χ2n) is 8.00. The van der Waals surface area contributed by atoms with E-state index in [4.69, 9.17) is 4.74 Å². The number of methoxy groups -OCH3 is 1. The lowest BCUT2D eigenvalue weighted by atomic mass is 10.1. The molecule has 1 saturated heterocycles. The van der Waals surface area contributed by atoms with Gasteiger partial charge in [-0.25, -0.2) is 4.79 Å². The second-order valence-corrected chi connectivity index (χ2v) is 8.00. The van der Waals surface area contributed by atoms with Gasteiger partial charge in [0.05, 0.1) is 13.2 Å². The van der Waals surface area contributed by atoms with Crippen LogP contribution in [0.1, 0.15) is 17.2 Å². The van der Waals surface area contributed by atoms with Crippen LogP contribution in [0.3, 0.4) is 0 Å². The quantitative estimate of drug-likeness (QED) is 0.727. The van der Waals surface area contributed by atoms with Crippen molar-refractivity contribution in [1.29, 1.82) is 0 Å². The average Bonchev–Trinajstić information content (AvgIpc) is 2.79. The van der Waals surface area contributed by atoms with Gasteiger partial charge < -0.3 is 19.9 Å². The van der Waals surface area contributed by atoms with Gasteiger partial charge >= 0.3 is 6.03 Å². The summed E-state index contributed by atoms with van der Waals surface area (Å²) in [6, 6.07) is 18.8. The molecule has 3 rings (SSSR count). The average molecular weight is 411 g/mol. The Bertz CT molecular complexity index is 772. The highest BCUT2D eigenvalue weighted by molar-refractivity contribution is 5.74. The van der Waals surface area contributed by atoms with Gasteiger partial charge in [0.25, 0.3) is 0 Å². The van der Waals surface area contributed by atoms with Crippen LogP contribution in [0.2, 0.25) is 0 Å². The fourth-order valence-corrected chi connectivity index (χ4v) is 3.83. The predicted octanol–water partition coefficient (Wildman–Crippen LogP) is 2.87. The Hall–Kier alpha value is -2.57. The molecule has 6 nitrogen and oxygen atoms in total. The van der Waals surface area contributed by atoms with Gasteiger partial charge in [0.15, 0.2) is 0 Å². The van der Waals surface area contributed by atoms with Gasteiger partial charge in [-0.05, 0) is 43.8 Å². The number of carbonyl (C=O) groups excluding carboxylic acids is 1.